The van der Waals surface area contributed by atoms with Gasteiger partial charge in [-0.3, -0.25) is 4.79 Å². The van der Waals surface area contributed by atoms with Gasteiger partial charge in [0.05, 0.1) is 13.1 Å². The number of guanidine groups is 1. The fourth-order valence-corrected chi connectivity index (χ4v) is 1.97. The van der Waals surface area contributed by atoms with Crippen LogP contribution in [-0.4, -0.2) is 56.0 Å². The Bertz CT molecular complexity index is 549. The smallest absolute Gasteiger partial charge is 0.241 e. The monoisotopic (exact) mass is 340 g/mol. The van der Waals surface area contributed by atoms with Crippen molar-refractivity contribution in [1.29, 1.82) is 0 Å². The summed E-state index contributed by atoms with van der Waals surface area (Å²) in [5, 5.41) is 6.17. The number of carbonyl (C=O) groups excluding carboxylic acids is 1. The second kappa shape index (κ2) is 10.1. The highest BCUT2D eigenvalue weighted by Gasteiger charge is 2.06. The zero-order valence-corrected chi connectivity index (χ0v) is 15.0. The number of hydrogen-bond acceptors (Lipinski definition) is 3. The zero-order valence-electron chi connectivity index (χ0n) is 14.1. The SMILES string of the molecule is CSCCNC(=NCc1ccc(C)c(F)c1)NCC(=O)N(C)C. The molecule has 0 radical (unpaired) electrons. The van der Waals surface area contributed by atoms with Crippen molar-refractivity contribution in [2.75, 3.05) is 39.2 Å². The van der Waals surface area contributed by atoms with Gasteiger partial charge in [0.25, 0.3) is 0 Å². The molecule has 5 nitrogen and oxygen atoms in total. The maximum absolute atomic E-state index is 13.6. The maximum atomic E-state index is 13.6. The molecule has 2 N–H and O–H groups in total. The van der Waals surface area contributed by atoms with Gasteiger partial charge >= 0.3 is 0 Å². The standard InChI is InChI=1S/C16H25FN4OS/c1-12-5-6-13(9-14(12)17)10-19-16(18-7-8-23-4)20-11-15(22)21(2)3/h5-6,9H,7-8,10-11H2,1-4H3,(H2,18,19,20). The van der Waals surface area contributed by atoms with Crippen molar-refractivity contribution in [2.24, 2.45) is 4.99 Å². The Balaban J connectivity index is 2.68. The molecule has 1 aromatic carbocycles. The van der Waals surface area contributed by atoms with Crippen LogP contribution in [0.4, 0.5) is 4.39 Å². The van der Waals surface area contributed by atoms with Crippen molar-refractivity contribution in [3.63, 3.8) is 0 Å². The Labute approximate surface area is 141 Å². The summed E-state index contributed by atoms with van der Waals surface area (Å²) in [5.74, 6) is 1.22. The van der Waals surface area contributed by atoms with Gasteiger partial charge in [0.1, 0.15) is 5.82 Å². The van der Waals surface area contributed by atoms with E-state index < -0.39 is 0 Å². The van der Waals surface area contributed by atoms with Crippen LogP contribution in [0.1, 0.15) is 11.1 Å². The van der Waals surface area contributed by atoms with Crippen LogP contribution >= 0.6 is 11.8 Å². The third kappa shape index (κ3) is 7.36. The molecule has 0 heterocycles. The first-order valence-electron chi connectivity index (χ1n) is 7.40. The molecule has 128 valence electrons. The lowest BCUT2D eigenvalue weighted by atomic mass is 10.1. The van der Waals surface area contributed by atoms with Crippen molar-refractivity contribution in [3.05, 3.63) is 35.1 Å². The average Bonchev–Trinajstić information content (AvgIpc) is 2.52. The third-order valence-electron chi connectivity index (χ3n) is 3.16. The van der Waals surface area contributed by atoms with Crippen LogP contribution in [0.25, 0.3) is 0 Å². The Morgan fingerprint density at radius 2 is 2.09 bits per heavy atom. The number of carbonyl (C=O) groups is 1. The molecule has 0 aliphatic rings. The second-order valence-corrected chi connectivity index (χ2v) is 6.30. The highest BCUT2D eigenvalue weighted by atomic mass is 32.2. The van der Waals surface area contributed by atoms with E-state index in [0.717, 1.165) is 17.9 Å². The molecule has 0 spiro atoms. The van der Waals surface area contributed by atoms with Gasteiger partial charge in [-0.15, -0.1) is 0 Å². The first-order valence-corrected chi connectivity index (χ1v) is 8.79. The van der Waals surface area contributed by atoms with Gasteiger partial charge in [-0.1, -0.05) is 12.1 Å². The van der Waals surface area contributed by atoms with Crippen LogP contribution in [0.15, 0.2) is 23.2 Å². The van der Waals surface area contributed by atoms with E-state index in [4.69, 9.17) is 0 Å². The van der Waals surface area contributed by atoms with Gasteiger partial charge in [0, 0.05) is 26.4 Å². The maximum Gasteiger partial charge on any atom is 0.241 e. The van der Waals surface area contributed by atoms with Crippen molar-refractivity contribution in [2.45, 2.75) is 13.5 Å². The minimum absolute atomic E-state index is 0.0363. The van der Waals surface area contributed by atoms with Gasteiger partial charge in [-0.05, 0) is 30.4 Å². The summed E-state index contributed by atoms with van der Waals surface area (Å²) in [5.41, 5.74) is 1.41. The number of benzene rings is 1. The summed E-state index contributed by atoms with van der Waals surface area (Å²) < 4.78 is 13.6. The number of aliphatic imine (C=N–C) groups is 1. The van der Waals surface area contributed by atoms with E-state index >= 15 is 0 Å². The Morgan fingerprint density at radius 1 is 1.35 bits per heavy atom. The first-order chi connectivity index (χ1) is 10.9. The number of thioether (sulfide) groups is 1. The number of nitrogens with one attached hydrogen (secondary N) is 2. The molecule has 0 saturated heterocycles. The largest absolute Gasteiger partial charge is 0.356 e. The molecule has 7 heteroatoms. The van der Waals surface area contributed by atoms with E-state index in [-0.39, 0.29) is 18.3 Å². The summed E-state index contributed by atoms with van der Waals surface area (Å²) in [6.07, 6.45) is 2.02. The number of amides is 1. The minimum atomic E-state index is -0.231. The summed E-state index contributed by atoms with van der Waals surface area (Å²) in [4.78, 5) is 17.6. The molecule has 1 amide bonds. The Kier molecular flexibility index (Phi) is 8.47. The number of aryl methyl sites for hydroxylation is 1. The predicted molar refractivity (Wildman–Crippen MR) is 95.4 cm³/mol. The van der Waals surface area contributed by atoms with Crippen molar-refractivity contribution < 1.29 is 9.18 Å². The third-order valence-corrected chi connectivity index (χ3v) is 3.77. The number of nitrogens with zero attached hydrogens (tertiary/aromatic N) is 2. The molecular formula is C16H25FN4OS. The van der Waals surface area contributed by atoms with Crippen LogP contribution in [0.3, 0.4) is 0 Å². The second-order valence-electron chi connectivity index (χ2n) is 5.31. The summed E-state index contributed by atoms with van der Waals surface area (Å²) in [7, 11) is 3.41. The number of rotatable bonds is 7. The molecule has 23 heavy (non-hydrogen) atoms. The molecule has 0 atom stereocenters. The fourth-order valence-electron chi connectivity index (χ4n) is 1.67. The van der Waals surface area contributed by atoms with Crippen LogP contribution in [-0.2, 0) is 11.3 Å². The van der Waals surface area contributed by atoms with Crippen molar-refractivity contribution in [3.8, 4) is 0 Å². The van der Waals surface area contributed by atoms with E-state index in [1.807, 2.05) is 12.3 Å². The van der Waals surface area contributed by atoms with Crippen LogP contribution in [0.5, 0.6) is 0 Å². The quantitative estimate of drug-likeness (QED) is 0.450. The fraction of sp³-hybridized carbons (Fsp3) is 0.500. The molecule has 0 unspecified atom stereocenters. The average molecular weight is 340 g/mol. The van der Waals surface area contributed by atoms with Gasteiger partial charge < -0.3 is 15.5 Å². The molecule has 0 fully saturated rings. The van der Waals surface area contributed by atoms with E-state index in [9.17, 15) is 9.18 Å². The molecule has 0 aliphatic carbocycles. The topological polar surface area (TPSA) is 56.7 Å². The number of halogens is 1. The normalized spacial score (nSPS) is 11.3. The summed E-state index contributed by atoms with van der Waals surface area (Å²) in [6.45, 7) is 2.99. The minimum Gasteiger partial charge on any atom is -0.356 e. The van der Waals surface area contributed by atoms with Gasteiger partial charge in [-0.2, -0.15) is 11.8 Å². The van der Waals surface area contributed by atoms with E-state index in [1.54, 1.807) is 38.8 Å². The van der Waals surface area contributed by atoms with Crippen LogP contribution in [0, 0.1) is 12.7 Å². The van der Waals surface area contributed by atoms with Gasteiger partial charge in [0.2, 0.25) is 5.91 Å². The van der Waals surface area contributed by atoms with Crippen molar-refractivity contribution >= 4 is 23.6 Å². The van der Waals surface area contributed by atoms with E-state index in [2.05, 4.69) is 15.6 Å². The molecule has 0 bridgehead atoms. The zero-order chi connectivity index (χ0) is 17.2. The lowest BCUT2D eigenvalue weighted by Gasteiger charge is -2.14. The summed E-state index contributed by atoms with van der Waals surface area (Å²) in [6, 6.07) is 5.08. The van der Waals surface area contributed by atoms with Crippen LogP contribution in [0.2, 0.25) is 0 Å². The molecule has 1 aromatic rings. The highest BCUT2D eigenvalue weighted by molar-refractivity contribution is 7.98. The molecular weight excluding hydrogens is 315 g/mol. The van der Waals surface area contributed by atoms with E-state index in [0.29, 0.717) is 18.1 Å². The lowest BCUT2D eigenvalue weighted by molar-refractivity contribution is -0.127. The van der Waals surface area contributed by atoms with E-state index in [1.165, 1.54) is 11.0 Å². The first kappa shape index (κ1) is 19.3. The summed E-state index contributed by atoms with van der Waals surface area (Å²) >= 11 is 1.72. The molecule has 0 aromatic heterocycles. The van der Waals surface area contributed by atoms with Crippen LogP contribution < -0.4 is 10.6 Å². The lowest BCUT2D eigenvalue weighted by Crippen LogP contribution is -2.43. The molecule has 0 saturated carbocycles. The highest BCUT2D eigenvalue weighted by Crippen LogP contribution is 2.09. The number of likely N-dealkylation sites (N-methyl/N-ethyl adjacent to an activating group) is 1. The Morgan fingerprint density at radius 3 is 2.70 bits per heavy atom. The van der Waals surface area contributed by atoms with Gasteiger partial charge in [-0.25, -0.2) is 9.38 Å². The van der Waals surface area contributed by atoms with Crippen molar-refractivity contribution in [1.82, 2.24) is 15.5 Å². The number of hydrogen-bond donors (Lipinski definition) is 2. The molecule has 1 rings (SSSR count). The van der Waals surface area contributed by atoms with Gasteiger partial charge in [0.15, 0.2) is 5.96 Å². The molecule has 0 aliphatic heterocycles. The Hall–Kier alpha value is -1.76. The predicted octanol–water partition coefficient (Wildman–Crippen LogP) is 1.62.